The van der Waals surface area contributed by atoms with Crippen LogP contribution in [0.25, 0.3) is 0 Å². The zero-order valence-electron chi connectivity index (χ0n) is 17.2. The maximum Gasteiger partial charge on any atom is 0.257 e. The third-order valence-electron chi connectivity index (χ3n) is 6.41. The summed E-state index contributed by atoms with van der Waals surface area (Å²) in [6, 6.07) is 10.6. The molecule has 0 radical (unpaired) electrons. The van der Waals surface area contributed by atoms with Gasteiger partial charge in [-0.05, 0) is 55.7 Å². The normalized spacial score (nSPS) is 19.6. The van der Waals surface area contributed by atoms with Crippen molar-refractivity contribution >= 4 is 11.8 Å². The van der Waals surface area contributed by atoms with E-state index in [4.69, 9.17) is 4.42 Å². The van der Waals surface area contributed by atoms with Crippen molar-refractivity contribution in [3.63, 3.8) is 0 Å². The van der Waals surface area contributed by atoms with Crippen molar-refractivity contribution in [3.05, 3.63) is 59.5 Å². The number of fused-ring (bicyclic) bond motifs is 1. The molecule has 1 saturated heterocycles. The van der Waals surface area contributed by atoms with E-state index in [-0.39, 0.29) is 17.7 Å². The van der Waals surface area contributed by atoms with E-state index in [0.717, 1.165) is 45.1 Å². The molecule has 29 heavy (non-hydrogen) atoms. The number of benzene rings is 1. The first-order chi connectivity index (χ1) is 14.2. The van der Waals surface area contributed by atoms with Gasteiger partial charge >= 0.3 is 0 Å². The quantitative estimate of drug-likeness (QED) is 0.772. The van der Waals surface area contributed by atoms with Crippen molar-refractivity contribution in [1.82, 2.24) is 9.80 Å². The van der Waals surface area contributed by atoms with E-state index in [9.17, 15) is 9.59 Å². The van der Waals surface area contributed by atoms with Crippen molar-refractivity contribution in [1.29, 1.82) is 0 Å². The van der Waals surface area contributed by atoms with Crippen LogP contribution in [0.15, 0.2) is 47.3 Å². The van der Waals surface area contributed by atoms with E-state index in [1.54, 1.807) is 6.07 Å². The number of amides is 2. The molecule has 0 spiro atoms. The van der Waals surface area contributed by atoms with Gasteiger partial charge in [-0.3, -0.25) is 9.59 Å². The summed E-state index contributed by atoms with van der Waals surface area (Å²) >= 11 is 0. The summed E-state index contributed by atoms with van der Waals surface area (Å²) in [5.41, 5.74) is 3.40. The Morgan fingerprint density at radius 3 is 2.55 bits per heavy atom. The van der Waals surface area contributed by atoms with Gasteiger partial charge in [-0.25, -0.2) is 0 Å². The second-order valence-corrected chi connectivity index (χ2v) is 8.28. The Bertz CT molecular complexity index is 838. The molecular formula is C24H30N2O3. The van der Waals surface area contributed by atoms with Crippen LogP contribution in [0.3, 0.4) is 0 Å². The Balaban J connectivity index is 1.39. The number of piperidine rings is 1. The number of carbonyl (C=O) groups is 2. The first-order valence-corrected chi connectivity index (χ1v) is 10.9. The van der Waals surface area contributed by atoms with E-state index < -0.39 is 0 Å². The predicted molar refractivity (Wildman–Crippen MR) is 112 cm³/mol. The molecular weight excluding hydrogens is 364 g/mol. The highest BCUT2D eigenvalue weighted by molar-refractivity contribution is 5.94. The molecule has 1 unspecified atom stereocenters. The highest BCUT2D eigenvalue weighted by atomic mass is 16.3. The summed E-state index contributed by atoms with van der Waals surface area (Å²) in [7, 11) is 0. The lowest BCUT2D eigenvalue weighted by atomic mass is 9.86. The number of aryl methyl sites for hydroxylation is 1. The Kier molecular flexibility index (Phi) is 6.02. The fourth-order valence-electron chi connectivity index (χ4n) is 4.79. The summed E-state index contributed by atoms with van der Waals surface area (Å²) in [5.74, 6) is 0.303. The molecule has 4 rings (SSSR count). The van der Waals surface area contributed by atoms with Gasteiger partial charge in [-0.1, -0.05) is 31.2 Å². The predicted octanol–water partition coefficient (Wildman–Crippen LogP) is 3.93. The molecule has 5 heteroatoms. The van der Waals surface area contributed by atoms with E-state index in [0.29, 0.717) is 24.7 Å². The maximum absolute atomic E-state index is 13.4. The fraction of sp³-hybridized carbons (Fsp3) is 0.500. The van der Waals surface area contributed by atoms with Crippen LogP contribution in [-0.2, 0) is 17.6 Å². The number of hydrogen-bond donors (Lipinski definition) is 0. The first kappa shape index (κ1) is 19.7. The molecule has 2 amide bonds. The molecule has 1 aromatic carbocycles. The van der Waals surface area contributed by atoms with Crippen molar-refractivity contribution in [2.24, 2.45) is 5.92 Å². The Morgan fingerprint density at radius 1 is 1.10 bits per heavy atom. The molecule has 0 saturated carbocycles. The topological polar surface area (TPSA) is 53.8 Å². The Morgan fingerprint density at radius 2 is 1.86 bits per heavy atom. The number of nitrogens with zero attached hydrogens (tertiary/aromatic N) is 2. The smallest absolute Gasteiger partial charge is 0.257 e. The fourth-order valence-corrected chi connectivity index (χ4v) is 4.79. The standard InChI is InChI=1S/C24H30N2O3/c1-2-12-26(22-8-7-18-5-3-4-6-20(18)16-22)24(28)19-9-13-25(14-10-19)23(27)21-11-15-29-17-21/h3-6,11,15,17,19,22H,2,7-10,12-14,16H2,1H3. The summed E-state index contributed by atoms with van der Waals surface area (Å²) < 4.78 is 5.03. The summed E-state index contributed by atoms with van der Waals surface area (Å²) in [5, 5.41) is 0. The summed E-state index contributed by atoms with van der Waals surface area (Å²) in [6.07, 6.45) is 8.52. The molecule has 0 bridgehead atoms. The van der Waals surface area contributed by atoms with Gasteiger partial charge in [0.15, 0.2) is 0 Å². The van der Waals surface area contributed by atoms with E-state index in [1.165, 1.54) is 23.7 Å². The molecule has 0 N–H and O–H groups in total. The number of carbonyl (C=O) groups excluding carboxylic acids is 2. The molecule has 1 fully saturated rings. The first-order valence-electron chi connectivity index (χ1n) is 10.9. The SMILES string of the molecule is CCCN(C(=O)C1CCN(C(=O)c2ccoc2)CC1)C1CCc2ccccc2C1. The van der Waals surface area contributed by atoms with Gasteiger partial charge in [0.25, 0.3) is 5.91 Å². The van der Waals surface area contributed by atoms with Gasteiger partial charge in [-0.15, -0.1) is 0 Å². The van der Waals surface area contributed by atoms with E-state index in [1.807, 2.05) is 4.90 Å². The van der Waals surface area contributed by atoms with Gasteiger partial charge in [0.1, 0.15) is 6.26 Å². The largest absolute Gasteiger partial charge is 0.472 e. The minimum Gasteiger partial charge on any atom is -0.472 e. The lowest BCUT2D eigenvalue weighted by Gasteiger charge is -2.39. The second-order valence-electron chi connectivity index (χ2n) is 8.28. The molecule has 2 aliphatic rings. The lowest BCUT2D eigenvalue weighted by molar-refractivity contribution is -0.139. The highest BCUT2D eigenvalue weighted by Gasteiger charge is 2.34. The van der Waals surface area contributed by atoms with Crippen LogP contribution in [0.2, 0.25) is 0 Å². The van der Waals surface area contributed by atoms with Gasteiger partial charge in [-0.2, -0.15) is 0 Å². The third kappa shape index (κ3) is 4.24. The molecule has 2 heterocycles. The summed E-state index contributed by atoms with van der Waals surface area (Å²) in [6.45, 7) is 4.23. The van der Waals surface area contributed by atoms with E-state index in [2.05, 4.69) is 36.1 Å². The van der Waals surface area contributed by atoms with Crippen LogP contribution in [0.4, 0.5) is 0 Å². The van der Waals surface area contributed by atoms with Crippen LogP contribution in [0.1, 0.15) is 54.1 Å². The monoisotopic (exact) mass is 394 g/mol. The summed E-state index contributed by atoms with van der Waals surface area (Å²) in [4.78, 5) is 29.9. The number of likely N-dealkylation sites (tertiary alicyclic amines) is 1. The van der Waals surface area contributed by atoms with Crippen molar-refractivity contribution in [3.8, 4) is 0 Å². The van der Waals surface area contributed by atoms with Crippen LogP contribution in [-0.4, -0.2) is 47.3 Å². The molecule has 1 aliphatic carbocycles. The molecule has 5 nitrogen and oxygen atoms in total. The second kappa shape index (κ2) is 8.85. The van der Waals surface area contributed by atoms with Crippen LogP contribution in [0.5, 0.6) is 0 Å². The van der Waals surface area contributed by atoms with Gasteiger partial charge in [0.05, 0.1) is 11.8 Å². The minimum absolute atomic E-state index is 0.000971. The zero-order valence-corrected chi connectivity index (χ0v) is 17.2. The van der Waals surface area contributed by atoms with Crippen molar-refractivity contribution < 1.29 is 14.0 Å². The van der Waals surface area contributed by atoms with Gasteiger partial charge < -0.3 is 14.2 Å². The zero-order chi connectivity index (χ0) is 20.2. The maximum atomic E-state index is 13.4. The number of hydrogen-bond acceptors (Lipinski definition) is 3. The number of furan rings is 1. The average Bonchev–Trinajstić information content (AvgIpc) is 3.31. The van der Waals surface area contributed by atoms with Crippen LogP contribution in [0, 0.1) is 5.92 Å². The van der Waals surface area contributed by atoms with Gasteiger partial charge in [0, 0.05) is 31.6 Å². The molecule has 2 aromatic rings. The molecule has 1 atom stereocenters. The number of rotatable bonds is 5. The van der Waals surface area contributed by atoms with Gasteiger partial charge in [0.2, 0.25) is 5.91 Å². The Labute approximate surface area is 172 Å². The minimum atomic E-state index is -0.000971. The van der Waals surface area contributed by atoms with Crippen molar-refractivity contribution in [2.45, 2.75) is 51.5 Å². The van der Waals surface area contributed by atoms with Crippen molar-refractivity contribution in [2.75, 3.05) is 19.6 Å². The highest BCUT2D eigenvalue weighted by Crippen LogP contribution is 2.28. The average molecular weight is 395 g/mol. The van der Waals surface area contributed by atoms with E-state index >= 15 is 0 Å². The third-order valence-corrected chi connectivity index (χ3v) is 6.41. The molecule has 154 valence electrons. The lowest BCUT2D eigenvalue weighted by Crippen LogP contribution is -2.49. The Hall–Kier alpha value is -2.56. The van der Waals surface area contributed by atoms with Crippen LogP contribution < -0.4 is 0 Å². The van der Waals surface area contributed by atoms with Crippen LogP contribution >= 0.6 is 0 Å². The molecule has 1 aromatic heterocycles. The molecule has 1 aliphatic heterocycles.